The Balaban J connectivity index is 2.10. The lowest BCUT2D eigenvalue weighted by molar-refractivity contribution is -0.143. The minimum atomic E-state index is -0.433. The van der Waals surface area contributed by atoms with Crippen LogP contribution in [0.4, 0.5) is 0 Å². The zero-order chi connectivity index (χ0) is 16.5. The van der Waals surface area contributed by atoms with Crippen LogP contribution in [0.2, 0.25) is 0 Å². The number of amides is 1. The van der Waals surface area contributed by atoms with Crippen LogP contribution in [0.5, 0.6) is 0 Å². The Hall–Kier alpha value is -2.27. The number of carbonyl (C=O) groups is 2. The molecule has 120 valence electrons. The van der Waals surface area contributed by atoms with Crippen molar-refractivity contribution < 1.29 is 14.3 Å². The smallest absolute Gasteiger partial charge is 0.325 e. The van der Waals surface area contributed by atoms with E-state index in [0.29, 0.717) is 6.61 Å². The van der Waals surface area contributed by atoms with E-state index < -0.39 is 11.2 Å². The Labute approximate surface area is 140 Å². The van der Waals surface area contributed by atoms with Crippen molar-refractivity contribution in [3.63, 3.8) is 0 Å². The number of carbonyl (C=O) groups excluding carboxylic acids is 2. The second-order valence-electron chi connectivity index (χ2n) is 4.74. The van der Waals surface area contributed by atoms with E-state index in [0.717, 1.165) is 10.5 Å². The molecule has 0 spiro atoms. The van der Waals surface area contributed by atoms with Gasteiger partial charge < -0.3 is 10.1 Å². The van der Waals surface area contributed by atoms with Crippen LogP contribution < -0.4 is 5.32 Å². The molecule has 2 aromatic carbocycles. The van der Waals surface area contributed by atoms with Crippen molar-refractivity contribution in [3.05, 3.63) is 66.2 Å². The van der Waals surface area contributed by atoms with Gasteiger partial charge in [0.05, 0.1) is 6.61 Å². The molecular weight excluding hydrogens is 310 g/mol. The molecule has 1 amide bonds. The van der Waals surface area contributed by atoms with Crippen molar-refractivity contribution in [3.8, 4) is 0 Å². The third kappa shape index (κ3) is 5.45. The van der Waals surface area contributed by atoms with E-state index in [9.17, 15) is 9.59 Å². The van der Waals surface area contributed by atoms with E-state index in [1.165, 1.54) is 11.8 Å². The first kappa shape index (κ1) is 17.1. The lowest BCUT2D eigenvalue weighted by atomic mass is 10.1. The van der Waals surface area contributed by atoms with Crippen LogP contribution in [0.15, 0.2) is 65.6 Å². The van der Waals surface area contributed by atoms with Crippen LogP contribution in [0.3, 0.4) is 0 Å². The highest BCUT2D eigenvalue weighted by Gasteiger charge is 2.22. The van der Waals surface area contributed by atoms with Gasteiger partial charge >= 0.3 is 5.97 Å². The fraction of sp³-hybridized carbons (Fsp3) is 0.222. The van der Waals surface area contributed by atoms with Crippen LogP contribution in [-0.2, 0) is 14.3 Å². The van der Waals surface area contributed by atoms with Gasteiger partial charge in [0.2, 0.25) is 5.91 Å². The van der Waals surface area contributed by atoms with Gasteiger partial charge in [-0.25, -0.2) is 0 Å². The van der Waals surface area contributed by atoms with Gasteiger partial charge in [-0.3, -0.25) is 9.59 Å². The number of rotatable bonds is 7. The van der Waals surface area contributed by atoms with Crippen molar-refractivity contribution in [2.24, 2.45) is 0 Å². The lowest BCUT2D eigenvalue weighted by Gasteiger charge is -2.16. The van der Waals surface area contributed by atoms with Crippen LogP contribution in [0.25, 0.3) is 0 Å². The summed E-state index contributed by atoms with van der Waals surface area (Å²) in [5.74, 6) is -0.643. The van der Waals surface area contributed by atoms with Crippen LogP contribution in [0, 0.1) is 0 Å². The molecular formula is C18H19NO3S. The van der Waals surface area contributed by atoms with Crippen molar-refractivity contribution in [1.29, 1.82) is 0 Å². The Morgan fingerprint density at radius 2 is 1.65 bits per heavy atom. The summed E-state index contributed by atoms with van der Waals surface area (Å²) in [5.41, 5.74) is 0.891. The summed E-state index contributed by atoms with van der Waals surface area (Å²) in [6, 6.07) is 19.2. The molecule has 0 saturated heterocycles. The second-order valence-corrected chi connectivity index (χ2v) is 5.92. The maximum atomic E-state index is 12.5. The van der Waals surface area contributed by atoms with Gasteiger partial charge in [0.15, 0.2) is 0 Å². The molecule has 23 heavy (non-hydrogen) atoms. The third-order valence-corrected chi connectivity index (χ3v) is 4.32. The Morgan fingerprint density at radius 1 is 1.04 bits per heavy atom. The quantitative estimate of drug-likeness (QED) is 0.626. The van der Waals surface area contributed by atoms with Crippen molar-refractivity contribution in [2.45, 2.75) is 17.1 Å². The van der Waals surface area contributed by atoms with E-state index in [1.807, 2.05) is 60.7 Å². The zero-order valence-electron chi connectivity index (χ0n) is 12.9. The SMILES string of the molecule is CCOC(=O)CNC(=O)[C@H](Sc1ccccc1)c1ccccc1. The second kappa shape index (κ2) is 9.00. The van der Waals surface area contributed by atoms with Gasteiger partial charge in [0.25, 0.3) is 0 Å². The van der Waals surface area contributed by atoms with E-state index in [4.69, 9.17) is 4.74 Å². The minimum absolute atomic E-state index is 0.120. The van der Waals surface area contributed by atoms with Crippen LogP contribution in [-0.4, -0.2) is 25.0 Å². The molecule has 5 heteroatoms. The molecule has 1 atom stereocenters. The summed E-state index contributed by atoms with van der Waals surface area (Å²) in [7, 11) is 0. The van der Waals surface area contributed by atoms with E-state index >= 15 is 0 Å². The molecule has 0 bridgehead atoms. The van der Waals surface area contributed by atoms with Gasteiger partial charge in [-0.1, -0.05) is 48.5 Å². The number of nitrogens with one attached hydrogen (secondary N) is 1. The van der Waals surface area contributed by atoms with E-state index in [-0.39, 0.29) is 12.5 Å². The summed E-state index contributed by atoms with van der Waals surface area (Å²) in [4.78, 5) is 24.9. The molecule has 0 aliphatic heterocycles. The van der Waals surface area contributed by atoms with Crippen molar-refractivity contribution in [1.82, 2.24) is 5.32 Å². The summed E-state index contributed by atoms with van der Waals surface area (Å²) in [6.45, 7) is 1.92. The topological polar surface area (TPSA) is 55.4 Å². The summed E-state index contributed by atoms with van der Waals surface area (Å²) < 4.78 is 4.84. The standard InChI is InChI=1S/C18H19NO3S/c1-2-22-16(20)13-19-18(21)17(14-9-5-3-6-10-14)23-15-11-7-4-8-12-15/h3-12,17H,2,13H2,1H3,(H,19,21)/t17-/m1/s1. The molecule has 2 aromatic rings. The Kier molecular flexibility index (Phi) is 6.69. The molecule has 0 fully saturated rings. The average molecular weight is 329 g/mol. The number of hydrogen-bond donors (Lipinski definition) is 1. The van der Waals surface area contributed by atoms with Gasteiger partial charge in [-0.2, -0.15) is 0 Å². The van der Waals surface area contributed by atoms with Gasteiger partial charge in [0.1, 0.15) is 11.8 Å². The molecule has 0 radical (unpaired) electrons. The Bertz CT molecular complexity index is 631. The van der Waals surface area contributed by atoms with Crippen LogP contribution in [0.1, 0.15) is 17.7 Å². The first-order chi connectivity index (χ1) is 11.2. The first-order valence-corrected chi connectivity index (χ1v) is 8.28. The van der Waals surface area contributed by atoms with Crippen molar-refractivity contribution in [2.75, 3.05) is 13.2 Å². The Morgan fingerprint density at radius 3 is 2.26 bits per heavy atom. The lowest BCUT2D eigenvalue weighted by Crippen LogP contribution is -2.33. The largest absolute Gasteiger partial charge is 0.465 e. The van der Waals surface area contributed by atoms with E-state index in [2.05, 4.69) is 5.32 Å². The summed E-state index contributed by atoms with van der Waals surface area (Å²) in [6.07, 6.45) is 0. The van der Waals surface area contributed by atoms with Gasteiger partial charge in [-0.05, 0) is 24.6 Å². The molecule has 0 heterocycles. The maximum absolute atomic E-state index is 12.5. The predicted molar refractivity (Wildman–Crippen MR) is 91.1 cm³/mol. The highest BCUT2D eigenvalue weighted by atomic mass is 32.2. The fourth-order valence-corrected chi connectivity index (χ4v) is 3.07. The number of thioether (sulfide) groups is 1. The first-order valence-electron chi connectivity index (χ1n) is 7.40. The molecule has 0 aliphatic rings. The number of hydrogen-bond acceptors (Lipinski definition) is 4. The average Bonchev–Trinajstić information content (AvgIpc) is 2.59. The third-order valence-electron chi connectivity index (χ3n) is 3.05. The minimum Gasteiger partial charge on any atom is -0.465 e. The molecule has 0 unspecified atom stereocenters. The summed E-state index contributed by atoms with van der Waals surface area (Å²) >= 11 is 1.45. The molecule has 0 saturated carbocycles. The molecule has 0 aliphatic carbocycles. The summed E-state index contributed by atoms with van der Waals surface area (Å²) in [5, 5.41) is 2.23. The molecule has 0 aromatic heterocycles. The van der Waals surface area contributed by atoms with Crippen LogP contribution >= 0.6 is 11.8 Å². The highest BCUT2D eigenvalue weighted by Crippen LogP contribution is 2.35. The fourth-order valence-electron chi connectivity index (χ4n) is 2.00. The van der Waals surface area contributed by atoms with Gasteiger partial charge in [-0.15, -0.1) is 11.8 Å². The zero-order valence-corrected chi connectivity index (χ0v) is 13.7. The van der Waals surface area contributed by atoms with Gasteiger partial charge in [0, 0.05) is 4.90 Å². The van der Waals surface area contributed by atoms with Crippen molar-refractivity contribution >= 4 is 23.6 Å². The number of benzene rings is 2. The number of ether oxygens (including phenoxy) is 1. The predicted octanol–water partition coefficient (Wildman–Crippen LogP) is 3.20. The molecule has 2 rings (SSSR count). The normalized spacial score (nSPS) is 11.5. The van der Waals surface area contributed by atoms with E-state index in [1.54, 1.807) is 6.92 Å². The molecule has 4 nitrogen and oxygen atoms in total. The molecule has 1 N–H and O–H groups in total. The highest BCUT2D eigenvalue weighted by molar-refractivity contribution is 8.00. The monoisotopic (exact) mass is 329 g/mol. The number of esters is 1. The maximum Gasteiger partial charge on any atom is 0.325 e.